The summed E-state index contributed by atoms with van der Waals surface area (Å²) in [5, 5.41) is 24.7. The Morgan fingerprint density at radius 3 is 2.30 bits per heavy atom. The number of aromatic nitrogens is 4. The molecule has 1 amide bonds. The predicted molar refractivity (Wildman–Crippen MR) is 188 cm³/mol. The first-order chi connectivity index (χ1) is 24.2. The van der Waals surface area contributed by atoms with E-state index in [9.17, 15) is 18.3 Å². The highest BCUT2D eigenvalue weighted by atomic mass is 32.2. The quantitative estimate of drug-likeness (QED) is 0.144. The number of nitrogens with one attached hydrogen (secondary N) is 2. The number of carbonyl (C=O) groups is 1. The van der Waals surface area contributed by atoms with Crippen molar-refractivity contribution < 1.29 is 27.8 Å². The largest absolute Gasteiger partial charge is 0.392 e. The van der Waals surface area contributed by atoms with Gasteiger partial charge in [-0.3, -0.25) is 4.79 Å². The second-order valence-corrected chi connectivity index (χ2v) is 14.7. The number of hydrogen-bond donors (Lipinski definition) is 3. The highest BCUT2D eigenvalue weighted by molar-refractivity contribution is 7.99. The fourth-order valence-corrected chi connectivity index (χ4v) is 7.56. The number of sulfonamides is 1. The molecular formula is C36H38N6O6S2. The van der Waals surface area contributed by atoms with Gasteiger partial charge in [-0.25, -0.2) is 13.1 Å². The van der Waals surface area contributed by atoms with Crippen LogP contribution in [0, 0.1) is 6.92 Å². The summed E-state index contributed by atoms with van der Waals surface area (Å²) < 4.78 is 43.7. The summed E-state index contributed by atoms with van der Waals surface area (Å²) >= 11 is 1.49. The zero-order valence-electron chi connectivity index (χ0n) is 27.5. The number of aryl methyl sites for hydroxylation is 2. The standard InChI is InChI=1S/C36H38N6O6S2/c1-24-8-18-31(19-9-24)50(45,46)39-32(20-25-6-4-3-5-7-25)34(44)37-29-16-14-28(15-17-29)35-47-30(23-49-36-38-40-41-42(36)2)21-33(48-35)27-12-10-26(22-43)11-13-27/h3-19,30,32-33,35,39,43H,20-23H2,1-2H3,(H,37,44)/t30-,32-,33+,35+/m1/s1. The number of benzene rings is 4. The molecular weight excluding hydrogens is 677 g/mol. The molecule has 6 rings (SSSR count). The fourth-order valence-electron chi connectivity index (χ4n) is 5.50. The topological polar surface area (TPSA) is 158 Å². The molecule has 14 heteroatoms. The van der Waals surface area contributed by atoms with E-state index < -0.39 is 28.3 Å². The Kier molecular flexibility index (Phi) is 11.4. The van der Waals surface area contributed by atoms with Crippen LogP contribution < -0.4 is 10.0 Å². The Morgan fingerprint density at radius 1 is 0.940 bits per heavy atom. The molecule has 1 aliphatic rings. The van der Waals surface area contributed by atoms with Gasteiger partial charge in [0, 0.05) is 30.5 Å². The minimum absolute atomic E-state index is 0.0446. The zero-order valence-corrected chi connectivity index (χ0v) is 29.2. The van der Waals surface area contributed by atoms with Gasteiger partial charge in [0.2, 0.25) is 21.1 Å². The van der Waals surface area contributed by atoms with Gasteiger partial charge in [0.1, 0.15) is 6.04 Å². The van der Waals surface area contributed by atoms with Crippen LogP contribution in [-0.4, -0.2) is 57.5 Å². The van der Waals surface area contributed by atoms with Crippen LogP contribution in [0.25, 0.3) is 0 Å². The van der Waals surface area contributed by atoms with Crippen molar-refractivity contribution in [2.24, 2.45) is 7.05 Å². The van der Waals surface area contributed by atoms with Crippen molar-refractivity contribution in [1.82, 2.24) is 24.9 Å². The molecule has 3 N–H and O–H groups in total. The third-order valence-electron chi connectivity index (χ3n) is 8.27. The van der Waals surface area contributed by atoms with Gasteiger partial charge in [-0.1, -0.05) is 96.2 Å². The van der Waals surface area contributed by atoms with Crippen molar-refractivity contribution in [3.8, 4) is 0 Å². The third kappa shape index (κ3) is 9.01. The number of anilines is 1. The van der Waals surface area contributed by atoms with Gasteiger partial charge in [0.25, 0.3) is 0 Å². The number of aliphatic hydroxyl groups is 1. The van der Waals surface area contributed by atoms with Gasteiger partial charge >= 0.3 is 0 Å². The van der Waals surface area contributed by atoms with Crippen LogP contribution in [0.4, 0.5) is 5.69 Å². The van der Waals surface area contributed by atoms with Crippen molar-refractivity contribution in [1.29, 1.82) is 0 Å². The van der Waals surface area contributed by atoms with Crippen molar-refractivity contribution in [2.45, 2.75) is 61.0 Å². The summed E-state index contributed by atoms with van der Waals surface area (Å²) in [6.45, 7) is 1.83. The SMILES string of the molecule is Cc1ccc(S(=O)(=O)N[C@H](Cc2ccccc2)C(=O)Nc2ccc([C@H]3O[C@@H](CSc4nnnn4C)C[C@@H](c4ccc(CO)cc4)O3)cc2)cc1. The first kappa shape index (κ1) is 35.4. The van der Waals surface area contributed by atoms with E-state index in [1.165, 1.54) is 23.9 Å². The molecule has 0 spiro atoms. The number of carbonyl (C=O) groups excluding carboxylic acids is 1. The van der Waals surface area contributed by atoms with Crippen molar-refractivity contribution >= 4 is 33.4 Å². The van der Waals surface area contributed by atoms with Crippen LogP contribution in [-0.2, 0) is 44.4 Å². The van der Waals surface area contributed by atoms with Gasteiger partial charge in [-0.15, -0.1) is 5.10 Å². The van der Waals surface area contributed by atoms with E-state index >= 15 is 0 Å². The predicted octanol–water partition coefficient (Wildman–Crippen LogP) is 4.88. The summed E-state index contributed by atoms with van der Waals surface area (Å²) in [4.78, 5) is 13.7. The molecule has 1 fully saturated rings. The minimum Gasteiger partial charge on any atom is -0.392 e. The molecule has 1 saturated heterocycles. The van der Waals surface area contributed by atoms with Gasteiger partial charge in [-0.05, 0) is 64.7 Å². The molecule has 0 saturated carbocycles. The van der Waals surface area contributed by atoms with E-state index in [2.05, 4.69) is 25.6 Å². The number of rotatable bonds is 13. The van der Waals surface area contributed by atoms with Crippen molar-refractivity contribution in [3.63, 3.8) is 0 Å². The first-order valence-electron chi connectivity index (χ1n) is 16.1. The second-order valence-electron chi connectivity index (χ2n) is 12.0. The third-order valence-corrected chi connectivity index (χ3v) is 10.9. The summed E-state index contributed by atoms with van der Waals surface area (Å²) in [7, 11) is -2.20. The molecule has 4 aromatic carbocycles. The number of amides is 1. The normalized spacial score (nSPS) is 18.4. The molecule has 260 valence electrons. The number of hydrogen-bond acceptors (Lipinski definition) is 10. The van der Waals surface area contributed by atoms with Gasteiger partial charge < -0.3 is 19.9 Å². The minimum atomic E-state index is -3.98. The van der Waals surface area contributed by atoms with Crippen LogP contribution in [0.1, 0.15) is 46.6 Å². The molecule has 2 heterocycles. The molecule has 4 atom stereocenters. The lowest BCUT2D eigenvalue weighted by Gasteiger charge is -2.36. The molecule has 0 aliphatic carbocycles. The molecule has 50 heavy (non-hydrogen) atoms. The Labute approximate surface area is 295 Å². The highest BCUT2D eigenvalue weighted by Crippen LogP contribution is 2.39. The molecule has 12 nitrogen and oxygen atoms in total. The molecule has 1 aromatic heterocycles. The van der Waals surface area contributed by atoms with Crippen LogP contribution in [0.5, 0.6) is 0 Å². The maximum Gasteiger partial charge on any atom is 0.242 e. The smallest absolute Gasteiger partial charge is 0.242 e. The maximum atomic E-state index is 13.6. The van der Waals surface area contributed by atoms with Crippen molar-refractivity contribution in [3.05, 3.63) is 131 Å². The van der Waals surface area contributed by atoms with Crippen LogP contribution in [0.2, 0.25) is 0 Å². The lowest BCUT2D eigenvalue weighted by atomic mass is 10.0. The lowest BCUT2D eigenvalue weighted by Crippen LogP contribution is -2.45. The average molecular weight is 715 g/mol. The monoisotopic (exact) mass is 714 g/mol. The number of thioether (sulfide) groups is 1. The molecule has 0 unspecified atom stereocenters. The van der Waals surface area contributed by atoms with Crippen molar-refractivity contribution in [2.75, 3.05) is 11.1 Å². The van der Waals surface area contributed by atoms with E-state index in [0.717, 1.165) is 27.8 Å². The Morgan fingerprint density at radius 2 is 1.64 bits per heavy atom. The van der Waals surface area contributed by atoms with E-state index in [1.807, 2.05) is 73.7 Å². The number of nitrogens with zero attached hydrogens (tertiary/aromatic N) is 4. The molecule has 0 radical (unpaired) electrons. The van der Waals surface area contributed by atoms with Gasteiger partial charge in [0.05, 0.1) is 23.7 Å². The molecule has 5 aromatic rings. The fraction of sp³-hybridized carbons (Fsp3) is 0.278. The average Bonchev–Trinajstić information content (AvgIpc) is 3.55. The van der Waals surface area contributed by atoms with Gasteiger partial charge in [-0.2, -0.15) is 4.72 Å². The number of tetrazole rings is 1. The van der Waals surface area contributed by atoms with E-state index in [0.29, 0.717) is 23.0 Å². The second kappa shape index (κ2) is 16.1. The summed E-state index contributed by atoms with van der Waals surface area (Å²) in [6, 6.07) is 29.4. The molecule has 0 bridgehead atoms. The molecule has 1 aliphatic heterocycles. The summed E-state index contributed by atoms with van der Waals surface area (Å²) in [6.07, 6.45) is -0.416. The van der Waals surface area contributed by atoms with Crippen LogP contribution >= 0.6 is 11.8 Å². The highest BCUT2D eigenvalue weighted by Gasteiger charge is 2.33. The number of ether oxygens (including phenoxy) is 2. The van der Waals surface area contributed by atoms with E-state index in [4.69, 9.17) is 9.47 Å². The Bertz CT molecular complexity index is 1970. The van der Waals surface area contributed by atoms with Crippen LogP contribution in [0.3, 0.4) is 0 Å². The van der Waals surface area contributed by atoms with Crippen LogP contribution in [0.15, 0.2) is 113 Å². The zero-order chi connectivity index (χ0) is 35.1. The number of aliphatic hydroxyl groups excluding tert-OH is 1. The Balaban J connectivity index is 1.18. The van der Waals surface area contributed by atoms with E-state index in [-0.39, 0.29) is 30.1 Å². The summed E-state index contributed by atoms with van der Waals surface area (Å²) in [5.41, 5.74) is 4.75. The lowest BCUT2D eigenvalue weighted by molar-refractivity contribution is -0.245. The summed E-state index contributed by atoms with van der Waals surface area (Å²) in [5.74, 6) is 0.0959. The maximum absolute atomic E-state index is 13.6. The van der Waals surface area contributed by atoms with E-state index in [1.54, 1.807) is 36.0 Å². The van der Waals surface area contributed by atoms with Gasteiger partial charge in [0.15, 0.2) is 6.29 Å². The Hall–Kier alpha value is -4.44. The first-order valence-corrected chi connectivity index (χ1v) is 18.5.